The van der Waals surface area contributed by atoms with E-state index in [-0.39, 0.29) is 12.1 Å². The quantitative estimate of drug-likeness (QED) is 0.467. The molecular formula is C11H20NO2+. The fourth-order valence-corrected chi connectivity index (χ4v) is 3.30. The van der Waals surface area contributed by atoms with E-state index in [1.807, 2.05) is 0 Å². The SMILES string of the molecule is CC(=O)OC1CC2CCC1[N+](C)(C)C2. The summed E-state index contributed by atoms with van der Waals surface area (Å²) in [6, 6.07) is 0.531. The van der Waals surface area contributed by atoms with Crippen LogP contribution in [0.15, 0.2) is 0 Å². The molecule has 3 aliphatic rings. The van der Waals surface area contributed by atoms with E-state index in [0.717, 1.165) is 16.8 Å². The van der Waals surface area contributed by atoms with E-state index in [2.05, 4.69) is 14.1 Å². The van der Waals surface area contributed by atoms with Crippen LogP contribution in [0.4, 0.5) is 0 Å². The fourth-order valence-electron chi connectivity index (χ4n) is 3.30. The van der Waals surface area contributed by atoms with Gasteiger partial charge < -0.3 is 9.22 Å². The van der Waals surface area contributed by atoms with Crippen LogP contribution in [0.5, 0.6) is 0 Å². The Morgan fingerprint density at radius 1 is 1.36 bits per heavy atom. The molecule has 0 amide bonds. The Hall–Kier alpha value is -0.570. The number of ether oxygens (including phenoxy) is 1. The van der Waals surface area contributed by atoms with E-state index in [9.17, 15) is 4.79 Å². The van der Waals surface area contributed by atoms with Crippen molar-refractivity contribution < 1.29 is 14.0 Å². The highest BCUT2D eigenvalue weighted by Crippen LogP contribution is 2.39. The fraction of sp³-hybridized carbons (Fsp3) is 0.909. The first kappa shape index (κ1) is 9.97. The van der Waals surface area contributed by atoms with Crippen molar-refractivity contribution in [2.75, 3.05) is 20.6 Å². The molecule has 3 heteroatoms. The lowest BCUT2D eigenvalue weighted by molar-refractivity contribution is -0.933. The van der Waals surface area contributed by atoms with Crippen LogP contribution in [0.1, 0.15) is 26.2 Å². The molecule has 0 aromatic heterocycles. The standard InChI is InChI=1S/C11H20NO2/c1-8(13)14-11-6-9-4-5-10(11)12(2,3)7-9/h9-11H,4-7H2,1-3H3/q+1. The van der Waals surface area contributed by atoms with Crippen molar-refractivity contribution in [2.45, 2.75) is 38.3 Å². The van der Waals surface area contributed by atoms with Crippen LogP contribution < -0.4 is 0 Å². The van der Waals surface area contributed by atoms with Crippen LogP contribution in [0, 0.1) is 5.92 Å². The first-order chi connectivity index (χ1) is 6.49. The number of likely N-dealkylation sites (N-methyl/N-ethyl adjacent to an activating group) is 1. The van der Waals surface area contributed by atoms with E-state index in [1.165, 1.54) is 26.3 Å². The number of hydrogen-bond acceptors (Lipinski definition) is 2. The largest absolute Gasteiger partial charge is 0.456 e. The minimum atomic E-state index is -0.123. The molecule has 1 aliphatic carbocycles. The van der Waals surface area contributed by atoms with Crippen LogP contribution in [-0.4, -0.2) is 43.2 Å². The maximum absolute atomic E-state index is 11.0. The van der Waals surface area contributed by atoms with Gasteiger partial charge in [-0.2, -0.15) is 0 Å². The van der Waals surface area contributed by atoms with Crippen molar-refractivity contribution >= 4 is 5.97 Å². The Labute approximate surface area is 85.6 Å². The Bertz CT molecular complexity index is 250. The van der Waals surface area contributed by atoms with Crippen LogP contribution in [-0.2, 0) is 9.53 Å². The summed E-state index contributed by atoms with van der Waals surface area (Å²) in [4.78, 5) is 11.0. The molecule has 3 rings (SSSR count). The highest BCUT2D eigenvalue weighted by Gasteiger charge is 2.49. The van der Waals surface area contributed by atoms with E-state index in [1.54, 1.807) is 0 Å². The average Bonchev–Trinajstić information content (AvgIpc) is 2.00. The van der Waals surface area contributed by atoms with Crippen molar-refractivity contribution in [3.63, 3.8) is 0 Å². The molecule has 0 spiro atoms. The Morgan fingerprint density at radius 2 is 2.07 bits per heavy atom. The molecule has 0 radical (unpaired) electrons. The van der Waals surface area contributed by atoms with Crippen LogP contribution >= 0.6 is 0 Å². The molecule has 0 aromatic rings. The van der Waals surface area contributed by atoms with Gasteiger partial charge in [0, 0.05) is 19.3 Å². The first-order valence-corrected chi connectivity index (χ1v) is 5.49. The van der Waals surface area contributed by atoms with Gasteiger partial charge in [0.25, 0.3) is 0 Å². The number of hydrogen-bond donors (Lipinski definition) is 0. The highest BCUT2D eigenvalue weighted by molar-refractivity contribution is 5.66. The lowest BCUT2D eigenvalue weighted by Crippen LogP contribution is -2.64. The third kappa shape index (κ3) is 1.65. The van der Waals surface area contributed by atoms with Gasteiger partial charge in [0.05, 0.1) is 20.6 Å². The first-order valence-electron chi connectivity index (χ1n) is 5.49. The molecular weight excluding hydrogens is 178 g/mol. The molecule has 3 atom stereocenters. The van der Waals surface area contributed by atoms with Crippen molar-refractivity contribution in [2.24, 2.45) is 5.92 Å². The van der Waals surface area contributed by atoms with Crippen molar-refractivity contribution in [1.82, 2.24) is 0 Å². The Balaban J connectivity index is 2.10. The number of piperidine rings is 2. The number of carbonyl (C=O) groups is 1. The van der Waals surface area contributed by atoms with Crippen LogP contribution in [0.3, 0.4) is 0 Å². The van der Waals surface area contributed by atoms with Crippen LogP contribution in [0.25, 0.3) is 0 Å². The molecule has 0 aromatic carbocycles. The smallest absolute Gasteiger partial charge is 0.303 e. The summed E-state index contributed by atoms with van der Waals surface area (Å²) < 4.78 is 6.44. The van der Waals surface area contributed by atoms with E-state index in [0.29, 0.717) is 6.04 Å². The number of rotatable bonds is 1. The minimum absolute atomic E-state index is 0.123. The normalized spacial score (nSPS) is 39.5. The molecule has 0 N–H and O–H groups in total. The van der Waals surface area contributed by atoms with E-state index in [4.69, 9.17) is 4.74 Å². The third-order valence-electron chi connectivity index (χ3n) is 3.81. The van der Waals surface area contributed by atoms with E-state index >= 15 is 0 Å². The summed E-state index contributed by atoms with van der Waals surface area (Å²) in [5.41, 5.74) is 0. The predicted octanol–water partition coefficient (Wildman–Crippen LogP) is 1.18. The second-order valence-electron chi connectivity index (χ2n) is 5.36. The summed E-state index contributed by atoms with van der Waals surface area (Å²) in [6.07, 6.45) is 3.81. The van der Waals surface area contributed by atoms with Gasteiger partial charge >= 0.3 is 5.97 Å². The number of quaternary nitrogens is 1. The van der Waals surface area contributed by atoms with Gasteiger partial charge in [0.2, 0.25) is 0 Å². The van der Waals surface area contributed by atoms with Crippen LogP contribution in [0.2, 0.25) is 0 Å². The van der Waals surface area contributed by atoms with Gasteiger partial charge in [0.1, 0.15) is 6.04 Å². The summed E-state index contributed by atoms with van der Waals surface area (Å²) >= 11 is 0. The summed E-state index contributed by atoms with van der Waals surface area (Å²) in [6.45, 7) is 2.77. The molecule has 3 fully saturated rings. The topological polar surface area (TPSA) is 26.3 Å². The highest BCUT2D eigenvalue weighted by atomic mass is 16.5. The zero-order chi connectivity index (χ0) is 10.3. The Morgan fingerprint density at radius 3 is 2.57 bits per heavy atom. The number of nitrogens with zero attached hydrogens (tertiary/aromatic N) is 1. The summed E-state index contributed by atoms with van der Waals surface area (Å²) in [5.74, 6) is 0.641. The zero-order valence-corrected chi connectivity index (χ0v) is 9.32. The second-order valence-corrected chi connectivity index (χ2v) is 5.36. The molecule has 2 heterocycles. The predicted molar refractivity (Wildman–Crippen MR) is 53.7 cm³/mol. The molecule has 1 saturated carbocycles. The van der Waals surface area contributed by atoms with Gasteiger partial charge in [-0.3, -0.25) is 4.79 Å². The summed E-state index contributed by atoms with van der Waals surface area (Å²) in [5, 5.41) is 0. The number of carbonyl (C=O) groups excluding carboxylic acids is 1. The maximum Gasteiger partial charge on any atom is 0.303 e. The Kier molecular flexibility index (Phi) is 2.30. The van der Waals surface area contributed by atoms with Crippen molar-refractivity contribution in [3.8, 4) is 0 Å². The van der Waals surface area contributed by atoms with Crippen molar-refractivity contribution in [3.05, 3.63) is 0 Å². The van der Waals surface area contributed by atoms with Crippen molar-refractivity contribution in [1.29, 1.82) is 0 Å². The van der Waals surface area contributed by atoms with Gasteiger partial charge in [0.15, 0.2) is 6.10 Å². The monoisotopic (exact) mass is 198 g/mol. The average molecular weight is 198 g/mol. The molecule has 3 unspecified atom stereocenters. The lowest BCUT2D eigenvalue weighted by atomic mass is 9.76. The number of esters is 1. The van der Waals surface area contributed by atoms with E-state index < -0.39 is 0 Å². The lowest BCUT2D eigenvalue weighted by Gasteiger charge is -2.52. The zero-order valence-electron chi connectivity index (χ0n) is 9.32. The molecule has 80 valence electrons. The van der Waals surface area contributed by atoms with Gasteiger partial charge in [-0.05, 0) is 12.8 Å². The summed E-state index contributed by atoms with van der Waals surface area (Å²) in [7, 11) is 4.51. The number of fused-ring (bicyclic) bond motifs is 3. The third-order valence-corrected chi connectivity index (χ3v) is 3.81. The molecule has 14 heavy (non-hydrogen) atoms. The second kappa shape index (κ2) is 3.23. The van der Waals surface area contributed by atoms with Gasteiger partial charge in [-0.15, -0.1) is 0 Å². The molecule has 2 aliphatic heterocycles. The molecule has 2 bridgehead atoms. The molecule has 3 nitrogen and oxygen atoms in total. The van der Waals surface area contributed by atoms with Gasteiger partial charge in [-0.1, -0.05) is 0 Å². The van der Waals surface area contributed by atoms with Gasteiger partial charge in [-0.25, -0.2) is 0 Å². The maximum atomic E-state index is 11.0. The molecule has 2 saturated heterocycles. The minimum Gasteiger partial charge on any atom is -0.456 e.